The van der Waals surface area contributed by atoms with Crippen LogP contribution in [0.1, 0.15) is 95.6 Å². The van der Waals surface area contributed by atoms with Gasteiger partial charge in [0.2, 0.25) is 17.7 Å². The number of amides is 5. The van der Waals surface area contributed by atoms with Crippen LogP contribution in [0.4, 0.5) is 14.9 Å². The summed E-state index contributed by atoms with van der Waals surface area (Å²) in [6.45, 7) is 9.05. The maximum Gasteiger partial charge on any atom is 0.410 e. The quantitative estimate of drug-likeness (QED) is 0.316. The molecular weight excluding hydrogens is 806 g/mol. The third-order valence-electron chi connectivity index (χ3n) is 12.9. The molecule has 4 aliphatic heterocycles. The summed E-state index contributed by atoms with van der Waals surface area (Å²) in [5.74, 6) is -3.55. The highest BCUT2D eigenvalue weighted by atomic mass is 32.2. The SMILES string of the molecule is C=C[C@@H]1C[C@@]12NC(=O)[C@@H]1C[C@@H](OC(=O)N3Cc4cccc(F)c4C3)CN1C(=O)[C@@H](NC(=O)[C@@H]1CCCCN1C(C)C)CCCCCCCNc1ccccc1S(=O)(=O)NC2=O. The summed E-state index contributed by atoms with van der Waals surface area (Å²) in [6.07, 6.45) is 6.18. The van der Waals surface area contributed by atoms with Gasteiger partial charge in [0, 0.05) is 37.0 Å². The van der Waals surface area contributed by atoms with E-state index in [9.17, 15) is 36.8 Å². The highest BCUT2D eigenvalue weighted by Crippen LogP contribution is 2.45. The van der Waals surface area contributed by atoms with Crippen molar-refractivity contribution in [2.24, 2.45) is 5.92 Å². The number of ether oxygens (including phenoxy) is 1. The van der Waals surface area contributed by atoms with Crippen molar-refractivity contribution >= 4 is 45.4 Å². The molecular formula is C44H58FN7O8S. The fourth-order valence-corrected chi connectivity index (χ4v) is 10.6. The number of hydrogen-bond donors (Lipinski definition) is 4. The van der Waals surface area contributed by atoms with Gasteiger partial charge in [0.1, 0.15) is 34.4 Å². The van der Waals surface area contributed by atoms with E-state index in [0.29, 0.717) is 42.6 Å². The van der Waals surface area contributed by atoms with Gasteiger partial charge < -0.3 is 25.6 Å². The third kappa shape index (κ3) is 9.57. The van der Waals surface area contributed by atoms with Gasteiger partial charge in [0.15, 0.2) is 0 Å². The molecule has 330 valence electrons. The lowest BCUT2D eigenvalue weighted by molar-refractivity contribution is -0.143. The number of nitrogens with zero attached hydrogens (tertiary/aromatic N) is 3. The smallest absolute Gasteiger partial charge is 0.410 e. The number of halogens is 1. The fraction of sp³-hybridized carbons (Fsp3) is 0.568. The summed E-state index contributed by atoms with van der Waals surface area (Å²) < 4.78 is 50.2. The number of piperidine rings is 1. The van der Waals surface area contributed by atoms with Crippen LogP contribution in [0.2, 0.25) is 0 Å². The van der Waals surface area contributed by atoms with Crippen molar-refractivity contribution in [3.05, 3.63) is 72.1 Å². The molecule has 17 heteroatoms. The molecule has 6 atom stereocenters. The molecule has 3 fully saturated rings. The second kappa shape index (κ2) is 18.5. The molecule has 61 heavy (non-hydrogen) atoms. The molecule has 1 saturated carbocycles. The second-order valence-electron chi connectivity index (χ2n) is 17.3. The summed E-state index contributed by atoms with van der Waals surface area (Å²) in [5, 5.41) is 9.04. The molecule has 0 unspecified atom stereocenters. The number of carbonyl (C=O) groups is 5. The lowest BCUT2D eigenvalue weighted by Crippen LogP contribution is -2.59. The highest BCUT2D eigenvalue weighted by molar-refractivity contribution is 7.90. The van der Waals surface area contributed by atoms with E-state index in [0.717, 1.165) is 45.1 Å². The molecule has 1 aliphatic carbocycles. The Bertz CT molecular complexity index is 2140. The molecule has 0 radical (unpaired) electrons. The number of sulfonamides is 1. The number of likely N-dealkylation sites (tertiary alicyclic amines) is 1. The van der Waals surface area contributed by atoms with Crippen molar-refractivity contribution in [2.75, 3.05) is 25.0 Å². The number of rotatable bonds is 5. The van der Waals surface area contributed by atoms with Crippen LogP contribution in [-0.2, 0) is 47.0 Å². The highest BCUT2D eigenvalue weighted by Gasteiger charge is 2.61. The molecule has 7 rings (SSSR count). The molecule has 2 aromatic rings. The molecule has 2 saturated heterocycles. The van der Waals surface area contributed by atoms with Crippen molar-refractivity contribution in [1.29, 1.82) is 0 Å². The maximum absolute atomic E-state index is 14.9. The van der Waals surface area contributed by atoms with Gasteiger partial charge >= 0.3 is 6.09 Å². The van der Waals surface area contributed by atoms with E-state index in [1.165, 1.54) is 28.0 Å². The number of hydrogen-bond acceptors (Lipinski definition) is 10. The van der Waals surface area contributed by atoms with E-state index in [1.54, 1.807) is 30.3 Å². The van der Waals surface area contributed by atoms with Crippen molar-refractivity contribution in [3.63, 3.8) is 0 Å². The Balaban J connectivity index is 1.18. The molecule has 2 aromatic carbocycles. The van der Waals surface area contributed by atoms with Gasteiger partial charge in [-0.2, -0.15) is 0 Å². The van der Waals surface area contributed by atoms with Crippen LogP contribution < -0.4 is 20.7 Å². The van der Waals surface area contributed by atoms with E-state index in [4.69, 9.17) is 4.74 Å². The van der Waals surface area contributed by atoms with Gasteiger partial charge in [0.25, 0.3) is 15.9 Å². The van der Waals surface area contributed by atoms with E-state index in [2.05, 4.69) is 32.2 Å². The number of nitrogens with one attached hydrogen (secondary N) is 4. The third-order valence-corrected chi connectivity index (χ3v) is 14.3. The molecule has 0 bridgehead atoms. The molecule has 0 aromatic heterocycles. The van der Waals surface area contributed by atoms with Gasteiger partial charge in [-0.25, -0.2) is 22.3 Å². The number of carbonyl (C=O) groups excluding carboxylic acids is 5. The average molecular weight is 864 g/mol. The summed E-state index contributed by atoms with van der Waals surface area (Å²) in [7, 11) is -4.42. The van der Waals surface area contributed by atoms with E-state index >= 15 is 0 Å². The molecule has 4 heterocycles. The normalized spacial score (nSPS) is 28.7. The van der Waals surface area contributed by atoms with Crippen molar-refractivity contribution < 1.29 is 41.5 Å². The standard InChI is InChI=1S/C44H58FN7O8S/c1-4-30-24-44(30)42(56)49-61(58,59)38-20-10-9-17-34(38)46-21-12-7-5-6-8-18-35(47-39(53)36-19-11-13-22-51(36)28(2)3)41(55)52-26-31(23-37(52)40(54)48-44)60-43(57)50-25-29-15-14-16-33(45)32(29)27-50/h4,9-10,14-17,20,28,30-31,35-37,46H,1,5-8,11-13,18-19,21-27H2,2-3H3,(H,47,53)(H,48,54)(H,49,56)/t30-,31-,35+,36+,37+,44-/m1/s1. The molecule has 5 aliphatic rings. The Kier molecular flexibility index (Phi) is 13.4. The van der Waals surface area contributed by atoms with Gasteiger partial charge in [-0.1, -0.05) is 62.4 Å². The van der Waals surface area contributed by atoms with Gasteiger partial charge in [-0.05, 0) is 76.3 Å². The predicted octanol–water partition coefficient (Wildman–Crippen LogP) is 4.33. The molecule has 4 N–H and O–H groups in total. The first-order valence-electron chi connectivity index (χ1n) is 21.7. The Morgan fingerprint density at radius 1 is 0.984 bits per heavy atom. The minimum Gasteiger partial charge on any atom is -0.444 e. The molecule has 1 spiro atoms. The van der Waals surface area contributed by atoms with Crippen molar-refractivity contribution in [3.8, 4) is 0 Å². The van der Waals surface area contributed by atoms with Crippen LogP contribution >= 0.6 is 0 Å². The van der Waals surface area contributed by atoms with Crippen LogP contribution in [0.3, 0.4) is 0 Å². The lowest BCUT2D eigenvalue weighted by atomic mass is 9.98. The second-order valence-corrected chi connectivity index (χ2v) is 19.0. The van der Waals surface area contributed by atoms with E-state index in [-0.39, 0.29) is 49.3 Å². The summed E-state index contributed by atoms with van der Waals surface area (Å²) in [6, 6.07) is 8.34. The molecule has 5 amide bonds. The largest absolute Gasteiger partial charge is 0.444 e. The Morgan fingerprint density at radius 3 is 2.49 bits per heavy atom. The summed E-state index contributed by atoms with van der Waals surface area (Å²) in [5.41, 5.74) is -0.319. The van der Waals surface area contributed by atoms with Crippen LogP contribution in [0.25, 0.3) is 0 Å². The zero-order valence-electron chi connectivity index (χ0n) is 35.0. The van der Waals surface area contributed by atoms with Gasteiger partial charge in [-0.15, -0.1) is 6.58 Å². The van der Waals surface area contributed by atoms with Crippen LogP contribution in [0.15, 0.2) is 60.0 Å². The Hall–Kier alpha value is -5.03. The zero-order chi connectivity index (χ0) is 43.5. The van der Waals surface area contributed by atoms with E-state index in [1.807, 2.05) is 13.8 Å². The monoisotopic (exact) mass is 863 g/mol. The molecule has 15 nitrogen and oxygen atoms in total. The first-order valence-corrected chi connectivity index (χ1v) is 23.1. The predicted molar refractivity (Wildman–Crippen MR) is 225 cm³/mol. The number of benzene rings is 2. The maximum atomic E-state index is 14.9. The minimum absolute atomic E-state index is 0.00714. The fourth-order valence-electron chi connectivity index (χ4n) is 9.36. The van der Waals surface area contributed by atoms with Crippen LogP contribution in [-0.4, -0.2) is 108 Å². The van der Waals surface area contributed by atoms with Crippen molar-refractivity contribution in [2.45, 2.75) is 138 Å². The average Bonchev–Trinajstić information content (AvgIpc) is 3.52. The van der Waals surface area contributed by atoms with Gasteiger partial charge in [-0.3, -0.25) is 29.0 Å². The Labute approximate surface area is 357 Å². The summed E-state index contributed by atoms with van der Waals surface area (Å²) >= 11 is 0. The topological polar surface area (TPSA) is 187 Å². The van der Waals surface area contributed by atoms with Crippen molar-refractivity contribution in [1.82, 2.24) is 30.1 Å². The Morgan fingerprint density at radius 2 is 1.74 bits per heavy atom. The minimum atomic E-state index is -4.42. The zero-order valence-corrected chi connectivity index (χ0v) is 35.8. The number of anilines is 1. The van der Waals surface area contributed by atoms with Crippen LogP contribution in [0, 0.1) is 11.7 Å². The summed E-state index contributed by atoms with van der Waals surface area (Å²) in [4.78, 5) is 75.8. The lowest BCUT2D eigenvalue weighted by Gasteiger charge is -2.38. The van der Waals surface area contributed by atoms with Gasteiger partial charge in [0.05, 0.1) is 24.8 Å². The number of fused-ring (bicyclic) bond motifs is 3. The first-order chi connectivity index (χ1) is 29.2. The van der Waals surface area contributed by atoms with E-state index < -0.39 is 75.3 Å². The number of para-hydroxylation sites is 1. The van der Waals surface area contributed by atoms with Crippen LogP contribution in [0.5, 0.6) is 0 Å². The first kappa shape index (κ1) is 44.0.